The van der Waals surface area contributed by atoms with Gasteiger partial charge in [-0.3, -0.25) is 0 Å². The molecule has 5 heteroatoms. The van der Waals surface area contributed by atoms with E-state index in [4.69, 9.17) is 1.37 Å². The summed E-state index contributed by atoms with van der Waals surface area (Å²) in [4.78, 5) is 4.00. The fraction of sp³-hybridized carbons (Fsp3) is 0.333. The Balaban J connectivity index is 0. The molecular weight excluding hydrogens is 384 g/mol. The van der Waals surface area contributed by atoms with Gasteiger partial charge in [0.05, 0.1) is 0 Å². The van der Waals surface area contributed by atoms with Gasteiger partial charge in [-0.1, -0.05) is 27.3 Å². The van der Waals surface area contributed by atoms with Gasteiger partial charge in [0.1, 0.15) is 4.60 Å². The quantitative estimate of drug-likeness (QED) is 0.342. The number of hydrogen-bond donors (Lipinski definition) is 0. The normalized spacial score (nSPS) is 8.95. The van der Waals surface area contributed by atoms with Crippen molar-refractivity contribution in [2.24, 2.45) is 0 Å². The Bertz CT molecular complexity index is 484. The van der Waals surface area contributed by atoms with E-state index >= 15 is 0 Å². The van der Waals surface area contributed by atoms with Gasteiger partial charge in [0, 0.05) is 35.1 Å². The summed E-state index contributed by atoms with van der Waals surface area (Å²) in [6.07, 6.45) is 3.22. The molecule has 0 bridgehead atoms. The predicted octanol–water partition coefficient (Wildman–Crippen LogP) is 5.21. The SMILES string of the molecule is C.Cc1ccc[n+]([O-])c1Br.Cc1cccnc1Br.[2H]CC. The molecule has 0 saturated heterocycles. The highest BCUT2D eigenvalue weighted by molar-refractivity contribution is 9.10. The van der Waals surface area contributed by atoms with Crippen molar-refractivity contribution >= 4 is 31.9 Å². The van der Waals surface area contributed by atoms with E-state index < -0.39 is 0 Å². The van der Waals surface area contributed by atoms with Gasteiger partial charge in [0.15, 0.2) is 6.20 Å². The van der Waals surface area contributed by atoms with Crippen molar-refractivity contribution in [2.45, 2.75) is 35.1 Å². The highest BCUT2D eigenvalue weighted by Crippen LogP contribution is 2.09. The maximum absolute atomic E-state index is 10.7. The summed E-state index contributed by atoms with van der Waals surface area (Å²) < 4.78 is 8.51. The van der Waals surface area contributed by atoms with Crippen molar-refractivity contribution in [3.05, 3.63) is 62.2 Å². The first kappa shape index (κ1) is 19.1. The fourth-order valence-electron chi connectivity index (χ4n) is 1.04. The molecule has 0 saturated carbocycles. The molecule has 0 amide bonds. The zero-order valence-corrected chi connectivity index (χ0v) is 14.4. The Morgan fingerprint density at radius 3 is 2.10 bits per heavy atom. The van der Waals surface area contributed by atoms with Crippen LogP contribution in [0.3, 0.4) is 0 Å². The second-order valence-electron chi connectivity index (χ2n) is 3.42. The second-order valence-corrected chi connectivity index (χ2v) is 4.92. The topological polar surface area (TPSA) is 39.8 Å². The van der Waals surface area contributed by atoms with Gasteiger partial charge in [0.25, 0.3) is 4.60 Å². The first-order valence-electron chi connectivity index (χ1n) is 6.35. The van der Waals surface area contributed by atoms with Crippen LogP contribution in [0, 0.1) is 19.1 Å². The van der Waals surface area contributed by atoms with E-state index in [-0.39, 0.29) is 7.43 Å². The molecule has 0 aliphatic heterocycles. The summed E-state index contributed by atoms with van der Waals surface area (Å²) in [6.45, 7) is 6.18. The molecule has 2 rings (SSSR count). The van der Waals surface area contributed by atoms with Crippen LogP contribution >= 0.6 is 31.9 Å². The third-order valence-electron chi connectivity index (χ3n) is 2.03. The van der Waals surface area contributed by atoms with E-state index in [9.17, 15) is 5.21 Å². The number of aromatic nitrogens is 2. The van der Waals surface area contributed by atoms with Gasteiger partial charge in [0.2, 0.25) is 0 Å². The molecule has 0 fully saturated rings. The molecule has 0 atom stereocenters. The monoisotopic (exact) mass is 405 g/mol. The highest BCUT2D eigenvalue weighted by atomic mass is 79.9. The van der Waals surface area contributed by atoms with E-state index in [2.05, 4.69) is 36.8 Å². The average molecular weight is 407 g/mol. The minimum Gasteiger partial charge on any atom is -0.618 e. The fourth-order valence-corrected chi connectivity index (χ4v) is 1.54. The number of halogens is 2. The lowest BCUT2D eigenvalue weighted by molar-refractivity contribution is -0.617. The molecule has 2 heterocycles. The summed E-state index contributed by atoms with van der Waals surface area (Å²) >= 11 is 6.41. The molecule has 112 valence electrons. The number of aryl methyl sites for hydroxylation is 2. The van der Waals surface area contributed by atoms with Crippen LogP contribution in [-0.2, 0) is 0 Å². The predicted molar refractivity (Wildman–Crippen MR) is 92.6 cm³/mol. The van der Waals surface area contributed by atoms with Crippen molar-refractivity contribution in [3.63, 3.8) is 0 Å². The van der Waals surface area contributed by atoms with Gasteiger partial charge >= 0.3 is 0 Å². The van der Waals surface area contributed by atoms with Crippen molar-refractivity contribution < 1.29 is 6.10 Å². The Morgan fingerprint density at radius 2 is 1.75 bits per heavy atom. The average Bonchev–Trinajstić information content (AvgIpc) is 2.41. The third-order valence-corrected chi connectivity index (χ3v) is 3.84. The van der Waals surface area contributed by atoms with E-state index in [0.29, 0.717) is 11.5 Å². The lowest BCUT2D eigenvalue weighted by Gasteiger charge is -1.98. The summed E-state index contributed by atoms with van der Waals surface area (Å²) in [7, 11) is 0. The maximum Gasteiger partial charge on any atom is 0.262 e. The van der Waals surface area contributed by atoms with Crippen LogP contribution in [0.5, 0.6) is 0 Å². The molecule has 0 unspecified atom stereocenters. The van der Waals surface area contributed by atoms with Crippen molar-refractivity contribution in [1.82, 2.24) is 4.98 Å². The number of rotatable bonds is 0. The second kappa shape index (κ2) is 11.9. The Morgan fingerprint density at radius 1 is 1.20 bits per heavy atom. The van der Waals surface area contributed by atoms with E-state index in [1.165, 1.54) is 11.8 Å². The van der Waals surface area contributed by atoms with Crippen LogP contribution < -0.4 is 4.73 Å². The molecule has 2 aromatic rings. The molecule has 0 aromatic carbocycles. The molecule has 3 nitrogen and oxygen atoms in total. The first-order chi connectivity index (χ1) is 9.43. The minimum atomic E-state index is 0. The largest absolute Gasteiger partial charge is 0.618 e. The molecular formula is C15H22Br2N2O. The van der Waals surface area contributed by atoms with Gasteiger partial charge in [-0.2, -0.15) is 4.73 Å². The molecule has 0 spiro atoms. The molecule has 0 aliphatic rings. The van der Waals surface area contributed by atoms with E-state index in [1.807, 2.05) is 32.0 Å². The van der Waals surface area contributed by atoms with Crippen LogP contribution in [0.25, 0.3) is 0 Å². The Kier molecular flexibility index (Phi) is 11.3. The minimum absolute atomic E-state index is 0. The summed E-state index contributed by atoms with van der Waals surface area (Å²) in [5.74, 6) is 0. The van der Waals surface area contributed by atoms with Gasteiger partial charge in [-0.15, -0.1) is 0 Å². The van der Waals surface area contributed by atoms with Crippen LogP contribution in [0.2, 0.25) is 0 Å². The first-order valence-corrected chi connectivity index (χ1v) is 7.23. The van der Waals surface area contributed by atoms with Crippen LogP contribution in [-0.4, -0.2) is 4.98 Å². The highest BCUT2D eigenvalue weighted by Gasteiger charge is 2.00. The zero-order chi connectivity index (χ0) is 15.5. The van der Waals surface area contributed by atoms with Crippen molar-refractivity contribution in [2.75, 3.05) is 0 Å². The maximum atomic E-state index is 10.7. The molecule has 2 aromatic heterocycles. The van der Waals surface area contributed by atoms with Crippen LogP contribution in [0.15, 0.2) is 45.9 Å². The Labute approximate surface area is 140 Å². The standard InChI is InChI=1S/C6H6BrNO.C6H6BrN.C2H6.CH4/c1-5-3-2-4-8(9)6(5)7;1-5-3-2-4-8-6(5)7;1-2;/h2-4H,1H3;2-4H,1H3;1-2H3;1H4/i;;1D;. The van der Waals surface area contributed by atoms with Gasteiger partial charge < -0.3 is 5.21 Å². The van der Waals surface area contributed by atoms with Crippen LogP contribution in [0.1, 0.15) is 33.7 Å². The van der Waals surface area contributed by atoms with Gasteiger partial charge in [-0.05, 0) is 47.5 Å². The third kappa shape index (κ3) is 7.60. The lowest BCUT2D eigenvalue weighted by Crippen LogP contribution is -2.27. The lowest BCUT2D eigenvalue weighted by atomic mass is 10.3. The number of hydrogen-bond acceptors (Lipinski definition) is 2. The molecule has 0 radical (unpaired) electrons. The Hall–Kier alpha value is -0.940. The summed E-state index contributed by atoms with van der Waals surface area (Å²) in [6, 6.07) is 7.52. The van der Waals surface area contributed by atoms with E-state index in [0.717, 1.165) is 14.9 Å². The zero-order valence-electron chi connectivity index (χ0n) is 12.2. The molecule has 20 heavy (non-hydrogen) atoms. The number of pyridine rings is 2. The molecule has 0 aliphatic carbocycles. The summed E-state index contributed by atoms with van der Waals surface area (Å²) in [5.41, 5.74) is 2.12. The van der Waals surface area contributed by atoms with Crippen molar-refractivity contribution in [3.8, 4) is 0 Å². The number of nitrogens with zero attached hydrogens (tertiary/aromatic N) is 2. The summed E-state index contributed by atoms with van der Waals surface area (Å²) in [5, 5.41) is 10.7. The smallest absolute Gasteiger partial charge is 0.262 e. The van der Waals surface area contributed by atoms with E-state index in [1.54, 1.807) is 19.2 Å². The molecule has 0 N–H and O–H groups in total. The van der Waals surface area contributed by atoms with Crippen molar-refractivity contribution in [1.29, 1.82) is 0 Å². The van der Waals surface area contributed by atoms with Crippen LogP contribution in [0.4, 0.5) is 0 Å². The van der Waals surface area contributed by atoms with Gasteiger partial charge in [-0.25, -0.2) is 4.98 Å².